The number of amides is 1. The largest absolute Gasteiger partial charge is 0.573 e. The third kappa shape index (κ3) is 6.08. The van der Waals surface area contributed by atoms with Crippen molar-refractivity contribution in [3.63, 3.8) is 0 Å². The molecule has 0 aliphatic heterocycles. The predicted molar refractivity (Wildman–Crippen MR) is 69.7 cm³/mol. The normalized spacial score (nSPS) is 12.6. The lowest BCUT2D eigenvalue weighted by Crippen LogP contribution is -2.34. The molecule has 23 heavy (non-hydrogen) atoms. The summed E-state index contributed by atoms with van der Waals surface area (Å²) in [5.41, 5.74) is -1.34. The molecule has 1 aromatic rings. The Morgan fingerprint density at radius 2 is 2.13 bits per heavy atom. The SMILES string of the molecule is CCOC(O)CNC(=O)c1cc(OC(F)(F)F)ccc1[N+](=O)[O-]. The molecule has 1 unspecified atom stereocenters. The van der Waals surface area contributed by atoms with Crippen molar-refractivity contribution >= 4 is 11.6 Å². The van der Waals surface area contributed by atoms with Gasteiger partial charge in [-0.05, 0) is 13.0 Å². The zero-order valence-electron chi connectivity index (χ0n) is 11.8. The van der Waals surface area contributed by atoms with E-state index in [0.717, 1.165) is 12.1 Å². The number of benzene rings is 1. The lowest BCUT2D eigenvalue weighted by molar-refractivity contribution is -0.385. The summed E-state index contributed by atoms with van der Waals surface area (Å²) in [7, 11) is 0. The molecule has 8 nitrogen and oxygen atoms in total. The maximum Gasteiger partial charge on any atom is 0.573 e. The average Bonchev–Trinajstić information content (AvgIpc) is 2.43. The van der Waals surface area contributed by atoms with Gasteiger partial charge in [0, 0.05) is 18.7 Å². The third-order valence-corrected chi connectivity index (χ3v) is 2.44. The number of nitro benzene ring substituents is 1. The summed E-state index contributed by atoms with van der Waals surface area (Å²) in [4.78, 5) is 21.8. The second kappa shape index (κ2) is 7.74. The van der Waals surface area contributed by atoms with Crippen LogP contribution in [-0.4, -0.2) is 41.7 Å². The number of alkyl halides is 3. The van der Waals surface area contributed by atoms with Gasteiger partial charge in [-0.2, -0.15) is 0 Å². The molecule has 1 rings (SSSR count). The molecule has 0 bridgehead atoms. The van der Waals surface area contributed by atoms with E-state index in [-0.39, 0.29) is 6.61 Å². The van der Waals surface area contributed by atoms with E-state index in [2.05, 4.69) is 10.1 Å². The molecule has 0 aliphatic carbocycles. The van der Waals surface area contributed by atoms with E-state index < -0.39 is 47.0 Å². The minimum absolute atomic E-state index is 0.159. The quantitative estimate of drug-likeness (QED) is 0.444. The van der Waals surface area contributed by atoms with Gasteiger partial charge >= 0.3 is 6.36 Å². The topological polar surface area (TPSA) is 111 Å². The smallest absolute Gasteiger partial charge is 0.406 e. The van der Waals surface area contributed by atoms with Crippen molar-refractivity contribution in [2.24, 2.45) is 0 Å². The van der Waals surface area contributed by atoms with Crippen molar-refractivity contribution in [3.8, 4) is 5.75 Å². The van der Waals surface area contributed by atoms with E-state index in [4.69, 9.17) is 4.74 Å². The predicted octanol–water partition coefficient (Wildman–Crippen LogP) is 1.58. The number of aliphatic hydroxyl groups is 1. The highest BCUT2D eigenvalue weighted by Crippen LogP contribution is 2.28. The molecule has 1 atom stereocenters. The highest BCUT2D eigenvalue weighted by atomic mass is 19.4. The van der Waals surface area contributed by atoms with Gasteiger partial charge < -0.3 is 19.9 Å². The fourth-order valence-electron chi connectivity index (χ4n) is 1.58. The Hall–Kier alpha value is -2.40. The summed E-state index contributed by atoms with van der Waals surface area (Å²) < 4.78 is 44.8. The van der Waals surface area contributed by atoms with Crippen LogP contribution in [-0.2, 0) is 4.74 Å². The van der Waals surface area contributed by atoms with Crippen molar-refractivity contribution in [2.75, 3.05) is 13.2 Å². The molecule has 0 aromatic heterocycles. The molecule has 0 heterocycles. The summed E-state index contributed by atoms with van der Waals surface area (Å²) in [6.07, 6.45) is -6.35. The van der Waals surface area contributed by atoms with Crippen molar-refractivity contribution in [1.82, 2.24) is 5.32 Å². The minimum Gasteiger partial charge on any atom is -0.406 e. The molecule has 2 N–H and O–H groups in total. The number of nitrogens with one attached hydrogen (secondary N) is 1. The van der Waals surface area contributed by atoms with E-state index in [9.17, 15) is 33.2 Å². The fraction of sp³-hybridized carbons (Fsp3) is 0.417. The number of aliphatic hydroxyl groups excluding tert-OH is 1. The van der Waals surface area contributed by atoms with Crippen LogP contribution in [0.3, 0.4) is 0 Å². The Kier molecular flexibility index (Phi) is 6.28. The monoisotopic (exact) mass is 338 g/mol. The van der Waals surface area contributed by atoms with Crippen LogP contribution < -0.4 is 10.1 Å². The van der Waals surface area contributed by atoms with Gasteiger partial charge in [-0.15, -0.1) is 13.2 Å². The highest BCUT2D eigenvalue weighted by Gasteiger charge is 2.32. The molecule has 1 aromatic carbocycles. The Bertz CT molecular complexity index is 578. The fourth-order valence-corrected chi connectivity index (χ4v) is 1.58. The minimum atomic E-state index is -5.00. The van der Waals surface area contributed by atoms with Gasteiger partial charge in [-0.3, -0.25) is 14.9 Å². The first-order valence-electron chi connectivity index (χ1n) is 6.26. The first-order valence-corrected chi connectivity index (χ1v) is 6.26. The van der Waals surface area contributed by atoms with Crippen LogP contribution in [0.25, 0.3) is 0 Å². The molecule has 1 amide bonds. The maximum atomic E-state index is 12.2. The van der Waals surface area contributed by atoms with Crippen molar-refractivity contribution < 1.29 is 37.5 Å². The van der Waals surface area contributed by atoms with E-state index in [1.165, 1.54) is 0 Å². The lowest BCUT2D eigenvalue weighted by atomic mass is 10.1. The summed E-state index contributed by atoms with van der Waals surface area (Å²) in [5, 5.41) is 22.3. The van der Waals surface area contributed by atoms with Gasteiger partial charge in [0.2, 0.25) is 0 Å². The first kappa shape index (κ1) is 18.6. The zero-order chi connectivity index (χ0) is 17.6. The van der Waals surface area contributed by atoms with Crippen molar-refractivity contribution in [1.29, 1.82) is 0 Å². The summed E-state index contributed by atoms with van der Waals surface area (Å²) in [6, 6.07) is 2.03. The van der Waals surface area contributed by atoms with Crippen LogP contribution in [0.15, 0.2) is 18.2 Å². The second-order valence-corrected chi connectivity index (χ2v) is 4.10. The van der Waals surface area contributed by atoms with Gasteiger partial charge in [-0.25, -0.2) is 0 Å². The number of nitro groups is 1. The number of ether oxygens (including phenoxy) is 2. The van der Waals surface area contributed by atoms with Crippen LogP contribution in [0.1, 0.15) is 17.3 Å². The lowest BCUT2D eigenvalue weighted by Gasteiger charge is -2.13. The molecule has 0 fully saturated rings. The molecular weight excluding hydrogens is 325 g/mol. The summed E-state index contributed by atoms with van der Waals surface area (Å²) in [5.74, 6) is -1.83. The van der Waals surface area contributed by atoms with Crippen LogP contribution >= 0.6 is 0 Å². The number of hydrogen-bond acceptors (Lipinski definition) is 6. The summed E-state index contributed by atoms with van der Waals surface area (Å²) >= 11 is 0. The van der Waals surface area contributed by atoms with Gasteiger partial charge in [0.25, 0.3) is 11.6 Å². The van der Waals surface area contributed by atoms with Crippen LogP contribution in [0.2, 0.25) is 0 Å². The summed E-state index contributed by atoms with van der Waals surface area (Å²) in [6.45, 7) is 1.36. The van der Waals surface area contributed by atoms with Gasteiger partial charge in [0.05, 0.1) is 11.5 Å². The average molecular weight is 338 g/mol. The van der Waals surface area contributed by atoms with Crippen LogP contribution in [0.5, 0.6) is 5.75 Å². The Labute approximate surface area is 128 Å². The first-order chi connectivity index (χ1) is 10.6. The number of carbonyl (C=O) groups is 1. The molecule has 0 saturated heterocycles. The van der Waals surface area contributed by atoms with E-state index >= 15 is 0 Å². The third-order valence-electron chi connectivity index (χ3n) is 2.44. The van der Waals surface area contributed by atoms with Gasteiger partial charge in [0.1, 0.15) is 11.3 Å². The maximum absolute atomic E-state index is 12.2. The van der Waals surface area contributed by atoms with Crippen LogP contribution in [0.4, 0.5) is 18.9 Å². The Morgan fingerprint density at radius 1 is 1.48 bits per heavy atom. The van der Waals surface area contributed by atoms with Gasteiger partial charge in [0.15, 0.2) is 6.29 Å². The number of halogens is 3. The molecule has 128 valence electrons. The van der Waals surface area contributed by atoms with Gasteiger partial charge in [-0.1, -0.05) is 0 Å². The van der Waals surface area contributed by atoms with E-state index in [1.54, 1.807) is 6.92 Å². The van der Waals surface area contributed by atoms with Crippen LogP contribution in [0, 0.1) is 10.1 Å². The van der Waals surface area contributed by atoms with Crippen molar-refractivity contribution in [2.45, 2.75) is 19.6 Å². The molecule has 11 heteroatoms. The standard InChI is InChI=1S/C12H13F3N2O6/c1-2-22-10(18)6-16-11(19)8-5-7(23-12(13,14)15)3-4-9(8)17(20)21/h3-5,10,18H,2,6H2,1H3,(H,16,19). The molecule has 0 radical (unpaired) electrons. The molecule has 0 spiro atoms. The highest BCUT2D eigenvalue weighted by molar-refractivity contribution is 5.98. The van der Waals surface area contributed by atoms with Crippen molar-refractivity contribution in [3.05, 3.63) is 33.9 Å². The molecule has 0 aliphatic rings. The van der Waals surface area contributed by atoms with E-state index in [0.29, 0.717) is 6.07 Å². The number of hydrogen-bond donors (Lipinski definition) is 2. The second-order valence-electron chi connectivity index (χ2n) is 4.10. The Balaban J connectivity index is 2.98. The Morgan fingerprint density at radius 3 is 2.65 bits per heavy atom. The number of rotatable bonds is 7. The number of carbonyl (C=O) groups excluding carboxylic acids is 1. The molecular formula is C12H13F3N2O6. The van der Waals surface area contributed by atoms with E-state index in [1.807, 2.05) is 0 Å². The number of nitrogens with zero attached hydrogens (tertiary/aromatic N) is 1. The molecule has 0 saturated carbocycles. The zero-order valence-corrected chi connectivity index (χ0v) is 11.8.